The van der Waals surface area contributed by atoms with Crippen LogP contribution in [-0.4, -0.2) is 25.3 Å². The van der Waals surface area contributed by atoms with Gasteiger partial charge in [0.1, 0.15) is 0 Å². The largest absolute Gasteiger partial charge is 0.381 e. The zero-order valence-corrected chi connectivity index (χ0v) is 9.30. The van der Waals surface area contributed by atoms with Gasteiger partial charge in [0.15, 0.2) is 0 Å². The van der Waals surface area contributed by atoms with Crippen LogP contribution < -0.4 is 5.32 Å². The summed E-state index contributed by atoms with van der Waals surface area (Å²) >= 11 is 0. The fraction of sp³-hybridized carbons (Fsp3) is 1.00. The van der Waals surface area contributed by atoms with Crippen LogP contribution in [0.2, 0.25) is 0 Å². The van der Waals surface area contributed by atoms with Crippen molar-refractivity contribution in [2.45, 2.75) is 57.5 Å². The average Bonchev–Trinajstić information content (AvgIpc) is 2.19. The second kappa shape index (κ2) is 5.13. The van der Waals surface area contributed by atoms with Crippen LogP contribution in [0.1, 0.15) is 45.4 Å². The van der Waals surface area contributed by atoms with Gasteiger partial charge in [0, 0.05) is 25.3 Å². The maximum atomic E-state index is 5.37. The molecule has 0 amide bonds. The van der Waals surface area contributed by atoms with Crippen LogP contribution >= 0.6 is 0 Å². The normalized spacial score (nSPS) is 35.8. The van der Waals surface area contributed by atoms with E-state index < -0.39 is 0 Å². The zero-order chi connectivity index (χ0) is 9.80. The van der Waals surface area contributed by atoms with E-state index in [1.807, 2.05) is 0 Å². The molecule has 2 rings (SSSR count). The topological polar surface area (TPSA) is 21.3 Å². The van der Waals surface area contributed by atoms with E-state index >= 15 is 0 Å². The number of hydrogen-bond acceptors (Lipinski definition) is 2. The highest BCUT2D eigenvalue weighted by atomic mass is 16.5. The van der Waals surface area contributed by atoms with Crippen molar-refractivity contribution >= 4 is 0 Å². The summed E-state index contributed by atoms with van der Waals surface area (Å²) in [5.74, 6) is 0.932. The predicted molar refractivity (Wildman–Crippen MR) is 58.4 cm³/mol. The van der Waals surface area contributed by atoms with Gasteiger partial charge >= 0.3 is 0 Å². The van der Waals surface area contributed by atoms with Gasteiger partial charge in [-0.3, -0.25) is 0 Å². The Morgan fingerprint density at radius 3 is 2.50 bits per heavy atom. The lowest BCUT2D eigenvalue weighted by molar-refractivity contribution is 0.0721. The van der Waals surface area contributed by atoms with Crippen molar-refractivity contribution in [1.82, 2.24) is 5.32 Å². The van der Waals surface area contributed by atoms with E-state index in [-0.39, 0.29) is 0 Å². The summed E-state index contributed by atoms with van der Waals surface area (Å²) in [7, 11) is 0. The van der Waals surface area contributed by atoms with Crippen molar-refractivity contribution in [3.05, 3.63) is 0 Å². The van der Waals surface area contributed by atoms with Gasteiger partial charge in [-0.1, -0.05) is 19.8 Å². The van der Waals surface area contributed by atoms with Crippen LogP contribution in [0.4, 0.5) is 0 Å². The summed E-state index contributed by atoms with van der Waals surface area (Å²) in [5.41, 5.74) is 0. The fourth-order valence-electron chi connectivity index (χ4n) is 2.78. The number of ether oxygens (including phenoxy) is 1. The van der Waals surface area contributed by atoms with Gasteiger partial charge in [-0.25, -0.2) is 0 Å². The Bertz CT molecular complexity index is 166. The first-order valence-corrected chi connectivity index (χ1v) is 6.18. The standard InChI is InChI=1S/C12H23NO/c1-10-3-2-4-12(9-10)13-11-5-7-14-8-6-11/h10-13H,2-9H2,1H3/t10-,12+/m1/s1. The monoisotopic (exact) mass is 197 g/mol. The van der Waals surface area contributed by atoms with E-state index in [2.05, 4.69) is 12.2 Å². The molecule has 2 fully saturated rings. The third kappa shape index (κ3) is 2.96. The molecule has 2 nitrogen and oxygen atoms in total. The van der Waals surface area contributed by atoms with Crippen LogP contribution in [0.3, 0.4) is 0 Å². The molecule has 1 N–H and O–H groups in total. The van der Waals surface area contributed by atoms with E-state index in [1.54, 1.807) is 0 Å². The molecule has 1 saturated heterocycles. The molecule has 0 radical (unpaired) electrons. The van der Waals surface area contributed by atoms with Gasteiger partial charge in [-0.05, 0) is 31.6 Å². The molecular formula is C12H23NO. The van der Waals surface area contributed by atoms with Crippen molar-refractivity contribution in [3.8, 4) is 0 Å². The van der Waals surface area contributed by atoms with Crippen LogP contribution in [0.5, 0.6) is 0 Å². The summed E-state index contributed by atoms with van der Waals surface area (Å²) in [6.45, 7) is 4.30. The molecule has 0 bridgehead atoms. The minimum atomic E-state index is 0.735. The minimum absolute atomic E-state index is 0.735. The lowest BCUT2D eigenvalue weighted by Gasteiger charge is -2.33. The molecule has 0 spiro atoms. The van der Waals surface area contributed by atoms with Gasteiger partial charge in [-0.2, -0.15) is 0 Å². The second-order valence-electron chi connectivity index (χ2n) is 5.02. The summed E-state index contributed by atoms with van der Waals surface area (Å²) in [4.78, 5) is 0. The first kappa shape index (κ1) is 10.4. The molecule has 1 aliphatic carbocycles. The highest BCUT2D eigenvalue weighted by Crippen LogP contribution is 2.24. The molecule has 1 saturated carbocycles. The van der Waals surface area contributed by atoms with Crippen molar-refractivity contribution < 1.29 is 4.74 Å². The van der Waals surface area contributed by atoms with Crippen molar-refractivity contribution in [3.63, 3.8) is 0 Å². The van der Waals surface area contributed by atoms with Crippen molar-refractivity contribution in [2.75, 3.05) is 13.2 Å². The van der Waals surface area contributed by atoms with E-state index in [4.69, 9.17) is 4.74 Å². The molecule has 82 valence electrons. The molecule has 2 aliphatic rings. The molecule has 2 atom stereocenters. The Morgan fingerprint density at radius 2 is 1.79 bits per heavy atom. The molecule has 0 aromatic carbocycles. The Hall–Kier alpha value is -0.0800. The lowest BCUT2D eigenvalue weighted by Crippen LogP contribution is -2.43. The van der Waals surface area contributed by atoms with Crippen LogP contribution in [0.25, 0.3) is 0 Å². The van der Waals surface area contributed by atoms with Crippen molar-refractivity contribution in [2.24, 2.45) is 5.92 Å². The Morgan fingerprint density at radius 1 is 1.00 bits per heavy atom. The smallest absolute Gasteiger partial charge is 0.0480 e. The zero-order valence-electron chi connectivity index (χ0n) is 9.30. The molecule has 0 aromatic heterocycles. The first-order chi connectivity index (χ1) is 6.84. The Labute approximate surface area is 87.4 Å². The summed E-state index contributed by atoms with van der Waals surface area (Å²) in [6.07, 6.45) is 8.06. The average molecular weight is 197 g/mol. The van der Waals surface area contributed by atoms with E-state index in [0.29, 0.717) is 0 Å². The Balaban J connectivity index is 1.72. The van der Waals surface area contributed by atoms with Gasteiger partial charge in [-0.15, -0.1) is 0 Å². The molecule has 0 aromatic rings. The first-order valence-electron chi connectivity index (χ1n) is 6.18. The van der Waals surface area contributed by atoms with E-state index in [9.17, 15) is 0 Å². The van der Waals surface area contributed by atoms with Crippen molar-refractivity contribution in [1.29, 1.82) is 0 Å². The molecular weight excluding hydrogens is 174 g/mol. The maximum Gasteiger partial charge on any atom is 0.0480 e. The number of nitrogens with one attached hydrogen (secondary N) is 1. The molecule has 1 heterocycles. The predicted octanol–water partition coefficient (Wildman–Crippen LogP) is 2.33. The van der Waals surface area contributed by atoms with Crippen LogP contribution in [0.15, 0.2) is 0 Å². The summed E-state index contributed by atoms with van der Waals surface area (Å²) < 4.78 is 5.37. The summed E-state index contributed by atoms with van der Waals surface area (Å²) in [6, 6.07) is 1.53. The number of hydrogen-bond donors (Lipinski definition) is 1. The molecule has 2 heteroatoms. The van der Waals surface area contributed by atoms with Gasteiger partial charge in [0.2, 0.25) is 0 Å². The number of rotatable bonds is 2. The van der Waals surface area contributed by atoms with Crippen LogP contribution in [-0.2, 0) is 4.74 Å². The minimum Gasteiger partial charge on any atom is -0.381 e. The molecule has 14 heavy (non-hydrogen) atoms. The van der Waals surface area contributed by atoms with Crippen LogP contribution in [0, 0.1) is 5.92 Å². The van der Waals surface area contributed by atoms with Gasteiger partial charge in [0.25, 0.3) is 0 Å². The highest BCUT2D eigenvalue weighted by Gasteiger charge is 2.22. The Kier molecular flexibility index (Phi) is 3.82. The van der Waals surface area contributed by atoms with Gasteiger partial charge in [0.05, 0.1) is 0 Å². The molecule has 1 aliphatic heterocycles. The van der Waals surface area contributed by atoms with E-state index in [0.717, 1.165) is 31.2 Å². The third-order valence-corrected chi connectivity index (χ3v) is 3.63. The maximum absolute atomic E-state index is 5.37. The lowest BCUT2D eigenvalue weighted by atomic mass is 9.86. The third-order valence-electron chi connectivity index (χ3n) is 3.63. The van der Waals surface area contributed by atoms with Gasteiger partial charge < -0.3 is 10.1 Å². The second-order valence-corrected chi connectivity index (χ2v) is 5.02. The van der Waals surface area contributed by atoms with E-state index in [1.165, 1.54) is 38.5 Å². The highest BCUT2D eigenvalue weighted by molar-refractivity contribution is 4.80. The SMILES string of the molecule is C[C@@H]1CCC[C@H](NC2CCOCC2)C1. The summed E-state index contributed by atoms with van der Waals surface area (Å²) in [5, 5.41) is 3.81. The fourth-order valence-corrected chi connectivity index (χ4v) is 2.78. The quantitative estimate of drug-likeness (QED) is 0.733. The molecule has 0 unspecified atom stereocenters.